The molecule has 0 atom stereocenters. The van der Waals surface area contributed by atoms with Crippen molar-refractivity contribution in [2.24, 2.45) is 5.73 Å². The van der Waals surface area contributed by atoms with Gasteiger partial charge in [0.1, 0.15) is 18.2 Å². The molecular weight excluding hydrogens is 177 g/mol. The highest BCUT2D eigenvalue weighted by atomic mass is 19.1. The normalized spacial score (nSPS) is 9.62. The van der Waals surface area contributed by atoms with E-state index in [0.717, 1.165) is 6.07 Å². The monoisotopic (exact) mass is 185 g/mol. The lowest BCUT2D eigenvalue weighted by atomic mass is 10.2. The first kappa shape index (κ1) is 9.31. The van der Waals surface area contributed by atoms with Gasteiger partial charge in [0.2, 0.25) is 0 Å². The maximum Gasteiger partial charge on any atom is 0.404 e. The van der Waals surface area contributed by atoms with Crippen LogP contribution in [-0.2, 0) is 11.3 Å². The number of aromatic hydroxyl groups is 1. The van der Waals surface area contributed by atoms with Crippen LogP contribution in [0.4, 0.5) is 9.18 Å². The zero-order valence-electron chi connectivity index (χ0n) is 6.66. The van der Waals surface area contributed by atoms with Crippen LogP contribution in [0, 0.1) is 5.82 Å². The fourth-order valence-electron chi connectivity index (χ4n) is 0.833. The van der Waals surface area contributed by atoms with Crippen LogP contribution in [0.3, 0.4) is 0 Å². The third kappa shape index (κ3) is 2.33. The highest BCUT2D eigenvalue weighted by Gasteiger charge is 2.08. The van der Waals surface area contributed by atoms with Gasteiger partial charge in [0.25, 0.3) is 0 Å². The van der Waals surface area contributed by atoms with Gasteiger partial charge < -0.3 is 15.6 Å². The number of rotatable bonds is 2. The van der Waals surface area contributed by atoms with E-state index in [2.05, 4.69) is 10.5 Å². The molecule has 0 heterocycles. The first-order chi connectivity index (χ1) is 6.11. The van der Waals surface area contributed by atoms with Crippen molar-refractivity contribution in [1.82, 2.24) is 0 Å². The molecule has 1 aromatic carbocycles. The predicted molar refractivity (Wildman–Crippen MR) is 42.4 cm³/mol. The maximum atomic E-state index is 12.9. The van der Waals surface area contributed by atoms with Crippen molar-refractivity contribution < 1.29 is 19.0 Å². The number of primary amides is 1. The van der Waals surface area contributed by atoms with Crippen molar-refractivity contribution in [2.75, 3.05) is 0 Å². The van der Waals surface area contributed by atoms with E-state index in [1.54, 1.807) is 0 Å². The molecule has 1 rings (SSSR count). The highest BCUT2D eigenvalue weighted by Crippen LogP contribution is 2.20. The van der Waals surface area contributed by atoms with Gasteiger partial charge in [-0.15, -0.1) is 0 Å². The molecule has 1 aromatic rings. The smallest absolute Gasteiger partial charge is 0.404 e. The van der Waals surface area contributed by atoms with Gasteiger partial charge in [-0.3, -0.25) is 0 Å². The van der Waals surface area contributed by atoms with Gasteiger partial charge in [-0.2, -0.15) is 0 Å². The summed E-state index contributed by atoms with van der Waals surface area (Å²) in [7, 11) is 0. The van der Waals surface area contributed by atoms with E-state index in [1.165, 1.54) is 12.1 Å². The Labute approximate surface area is 73.7 Å². The molecule has 0 saturated heterocycles. The van der Waals surface area contributed by atoms with Crippen LogP contribution in [0.2, 0.25) is 0 Å². The molecule has 0 aliphatic heterocycles. The average molecular weight is 185 g/mol. The van der Waals surface area contributed by atoms with E-state index >= 15 is 0 Å². The Morgan fingerprint density at radius 1 is 1.62 bits per heavy atom. The Morgan fingerprint density at radius 3 is 2.85 bits per heavy atom. The van der Waals surface area contributed by atoms with Gasteiger partial charge in [0, 0.05) is 0 Å². The number of halogens is 1. The lowest BCUT2D eigenvalue weighted by Gasteiger charge is -2.04. The standard InChI is InChI=1S/C8H8FNO3/c9-6-2-1-3-7(11)5(6)4-13-8(10)12/h1-3,11H,4H2,(H2,10,12). The van der Waals surface area contributed by atoms with Crippen molar-refractivity contribution in [3.05, 3.63) is 29.6 Å². The minimum absolute atomic E-state index is 0.0821. The number of carbonyl (C=O) groups is 1. The number of carbonyl (C=O) groups excluding carboxylic acids is 1. The summed E-state index contributed by atoms with van der Waals surface area (Å²) >= 11 is 0. The molecule has 0 spiro atoms. The molecule has 0 radical (unpaired) electrons. The maximum absolute atomic E-state index is 12.9. The molecule has 0 aliphatic rings. The molecule has 0 aromatic heterocycles. The molecular formula is C8H8FNO3. The Hall–Kier alpha value is -1.78. The highest BCUT2D eigenvalue weighted by molar-refractivity contribution is 5.64. The number of ether oxygens (including phenoxy) is 1. The van der Waals surface area contributed by atoms with E-state index < -0.39 is 11.9 Å². The lowest BCUT2D eigenvalue weighted by molar-refractivity contribution is 0.148. The van der Waals surface area contributed by atoms with Crippen LogP contribution in [0.15, 0.2) is 18.2 Å². The summed E-state index contributed by atoms with van der Waals surface area (Å²) in [4.78, 5) is 10.2. The minimum Gasteiger partial charge on any atom is -0.507 e. The number of phenolic OH excluding ortho intramolecular Hbond substituents is 1. The van der Waals surface area contributed by atoms with Crippen LogP contribution in [-0.4, -0.2) is 11.2 Å². The minimum atomic E-state index is -1.01. The van der Waals surface area contributed by atoms with Crippen molar-refractivity contribution in [2.45, 2.75) is 6.61 Å². The fourth-order valence-corrected chi connectivity index (χ4v) is 0.833. The summed E-state index contributed by atoms with van der Waals surface area (Å²) in [6.07, 6.45) is -1.01. The van der Waals surface area contributed by atoms with Gasteiger partial charge >= 0.3 is 6.09 Å². The molecule has 0 bridgehead atoms. The molecule has 1 amide bonds. The Kier molecular flexibility index (Phi) is 2.69. The fraction of sp³-hybridized carbons (Fsp3) is 0.125. The van der Waals surface area contributed by atoms with E-state index in [9.17, 15) is 9.18 Å². The molecule has 0 aliphatic carbocycles. The topological polar surface area (TPSA) is 72.6 Å². The molecule has 5 heteroatoms. The van der Waals surface area contributed by atoms with Crippen molar-refractivity contribution >= 4 is 6.09 Å². The second-order valence-electron chi connectivity index (χ2n) is 2.35. The third-order valence-electron chi connectivity index (χ3n) is 1.45. The third-order valence-corrected chi connectivity index (χ3v) is 1.45. The number of phenols is 1. The van der Waals surface area contributed by atoms with Crippen molar-refractivity contribution in [3.63, 3.8) is 0 Å². The van der Waals surface area contributed by atoms with Gasteiger partial charge in [0.05, 0.1) is 5.56 Å². The summed E-state index contributed by atoms with van der Waals surface area (Å²) in [6, 6.07) is 3.79. The second-order valence-corrected chi connectivity index (χ2v) is 2.35. The first-order valence-electron chi connectivity index (χ1n) is 3.50. The summed E-state index contributed by atoms with van der Waals surface area (Å²) in [5, 5.41) is 9.13. The second kappa shape index (κ2) is 3.75. The molecule has 0 fully saturated rings. The zero-order chi connectivity index (χ0) is 9.84. The lowest BCUT2D eigenvalue weighted by Crippen LogP contribution is -2.13. The average Bonchev–Trinajstić information content (AvgIpc) is 2.03. The molecule has 70 valence electrons. The van der Waals surface area contributed by atoms with Gasteiger partial charge in [-0.25, -0.2) is 9.18 Å². The SMILES string of the molecule is NC(=O)OCc1c(O)cccc1F. The summed E-state index contributed by atoms with van der Waals surface area (Å²) in [5.74, 6) is -0.900. The number of hydrogen-bond donors (Lipinski definition) is 2. The number of benzene rings is 1. The van der Waals surface area contributed by atoms with E-state index in [-0.39, 0.29) is 17.9 Å². The Balaban J connectivity index is 2.81. The van der Waals surface area contributed by atoms with Crippen LogP contribution in [0.1, 0.15) is 5.56 Å². The summed E-state index contributed by atoms with van der Waals surface area (Å²) < 4.78 is 17.2. The predicted octanol–water partition coefficient (Wildman–Crippen LogP) is 1.13. The molecule has 3 N–H and O–H groups in total. The van der Waals surface area contributed by atoms with Crippen LogP contribution in [0.5, 0.6) is 5.75 Å². The molecule has 4 nitrogen and oxygen atoms in total. The van der Waals surface area contributed by atoms with Crippen molar-refractivity contribution in [1.29, 1.82) is 0 Å². The summed E-state index contributed by atoms with van der Waals surface area (Å²) in [6.45, 7) is -0.367. The van der Waals surface area contributed by atoms with E-state index in [0.29, 0.717) is 0 Å². The molecule has 0 saturated carbocycles. The van der Waals surface area contributed by atoms with Crippen LogP contribution >= 0.6 is 0 Å². The largest absolute Gasteiger partial charge is 0.507 e. The Morgan fingerprint density at radius 2 is 2.31 bits per heavy atom. The zero-order valence-corrected chi connectivity index (χ0v) is 6.66. The van der Waals surface area contributed by atoms with E-state index in [1.807, 2.05) is 0 Å². The summed E-state index contributed by atoms with van der Waals surface area (Å²) in [5.41, 5.74) is 4.59. The quantitative estimate of drug-likeness (QED) is 0.725. The first-order valence-corrected chi connectivity index (χ1v) is 3.50. The number of amides is 1. The van der Waals surface area contributed by atoms with Gasteiger partial charge in [-0.05, 0) is 12.1 Å². The Bertz CT molecular complexity index is 307. The molecule has 13 heavy (non-hydrogen) atoms. The number of nitrogens with two attached hydrogens (primary N) is 1. The van der Waals surface area contributed by atoms with Crippen LogP contribution in [0.25, 0.3) is 0 Å². The van der Waals surface area contributed by atoms with E-state index in [4.69, 9.17) is 5.11 Å². The molecule has 0 unspecified atom stereocenters. The number of hydrogen-bond acceptors (Lipinski definition) is 3. The van der Waals surface area contributed by atoms with Crippen molar-refractivity contribution in [3.8, 4) is 5.75 Å². The van der Waals surface area contributed by atoms with Gasteiger partial charge in [0.15, 0.2) is 0 Å². The van der Waals surface area contributed by atoms with Gasteiger partial charge in [-0.1, -0.05) is 6.07 Å². The van der Waals surface area contributed by atoms with Crippen LogP contribution < -0.4 is 5.73 Å².